The van der Waals surface area contributed by atoms with Crippen LogP contribution in [0.15, 0.2) is 24.3 Å². The van der Waals surface area contributed by atoms with E-state index in [0.717, 1.165) is 32.5 Å². The highest BCUT2D eigenvalue weighted by Gasteiger charge is 2.21. The van der Waals surface area contributed by atoms with E-state index in [1.807, 2.05) is 12.1 Å². The first kappa shape index (κ1) is 15.9. The van der Waals surface area contributed by atoms with Crippen molar-refractivity contribution in [2.75, 3.05) is 39.5 Å². The van der Waals surface area contributed by atoms with Gasteiger partial charge in [0.1, 0.15) is 0 Å². The van der Waals surface area contributed by atoms with Crippen LogP contribution in [0.25, 0.3) is 0 Å². The fraction of sp³-hybridized carbons (Fsp3) is 0.562. The lowest BCUT2D eigenvalue weighted by Crippen LogP contribution is -2.36. The topological polar surface area (TPSA) is 70.0 Å². The maximum Gasteiger partial charge on any atom is 0.335 e. The van der Waals surface area contributed by atoms with Gasteiger partial charge in [-0.15, -0.1) is 0 Å². The number of piperidine rings is 1. The Morgan fingerprint density at radius 2 is 2.05 bits per heavy atom. The lowest BCUT2D eigenvalue weighted by atomic mass is 9.90. The van der Waals surface area contributed by atoms with Crippen molar-refractivity contribution in [3.05, 3.63) is 35.4 Å². The van der Waals surface area contributed by atoms with Crippen molar-refractivity contribution in [3.8, 4) is 0 Å². The van der Waals surface area contributed by atoms with Crippen molar-refractivity contribution in [3.63, 3.8) is 0 Å². The first-order chi connectivity index (χ1) is 10.2. The molecule has 1 unspecified atom stereocenters. The summed E-state index contributed by atoms with van der Waals surface area (Å²) < 4.78 is 5.31. The number of nitrogens with zero attached hydrogens (tertiary/aromatic N) is 1. The van der Waals surface area contributed by atoms with Crippen LogP contribution in [0.5, 0.6) is 0 Å². The van der Waals surface area contributed by atoms with E-state index in [1.54, 1.807) is 12.1 Å². The molecule has 116 valence electrons. The molecular formula is C16H23NO4. The number of likely N-dealkylation sites (tertiary alicyclic amines) is 1. The third-order valence-corrected chi connectivity index (χ3v) is 3.92. The predicted molar refractivity (Wildman–Crippen MR) is 79.7 cm³/mol. The summed E-state index contributed by atoms with van der Waals surface area (Å²) in [5.41, 5.74) is 1.55. The third-order valence-electron chi connectivity index (χ3n) is 3.92. The lowest BCUT2D eigenvalue weighted by molar-refractivity contribution is 0.0672. The van der Waals surface area contributed by atoms with Gasteiger partial charge >= 0.3 is 5.97 Å². The summed E-state index contributed by atoms with van der Waals surface area (Å²) >= 11 is 0. The highest BCUT2D eigenvalue weighted by molar-refractivity contribution is 5.87. The number of carboxylic acid groups (broad SMARTS) is 1. The molecule has 0 saturated carbocycles. The number of aliphatic hydroxyl groups is 1. The molecule has 0 aliphatic carbocycles. The zero-order valence-corrected chi connectivity index (χ0v) is 12.2. The number of hydrogen-bond donors (Lipinski definition) is 2. The predicted octanol–water partition coefficient (Wildman–Crippen LogP) is 1.57. The number of aromatic carboxylic acids is 1. The smallest absolute Gasteiger partial charge is 0.335 e. The van der Waals surface area contributed by atoms with Crippen LogP contribution in [-0.2, 0) is 4.74 Å². The Balaban J connectivity index is 1.86. The molecule has 0 bridgehead atoms. The molecule has 1 aliphatic heterocycles. The molecule has 1 aromatic carbocycles. The van der Waals surface area contributed by atoms with Crippen LogP contribution in [-0.4, -0.2) is 60.5 Å². The van der Waals surface area contributed by atoms with Crippen LogP contribution in [0.2, 0.25) is 0 Å². The summed E-state index contributed by atoms with van der Waals surface area (Å²) in [6, 6.07) is 7.22. The van der Waals surface area contributed by atoms with Crippen LogP contribution in [0, 0.1) is 0 Å². The molecule has 21 heavy (non-hydrogen) atoms. The summed E-state index contributed by atoms with van der Waals surface area (Å²) in [6.45, 7) is 4.04. The maximum absolute atomic E-state index is 10.9. The Morgan fingerprint density at radius 3 is 2.71 bits per heavy atom. The molecular weight excluding hydrogens is 270 g/mol. The summed E-state index contributed by atoms with van der Waals surface area (Å²) in [4.78, 5) is 13.2. The van der Waals surface area contributed by atoms with Crippen LogP contribution in [0.1, 0.15) is 34.7 Å². The molecule has 0 aromatic heterocycles. The van der Waals surface area contributed by atoms with E-state index in [9.17, 15) is 4.79 Å². The molecule has 5 nitrogen and oxygen atoms in total. The molecule has 1 aromatic rings. The fourth-order valence-electron chi connectivity index (χ4n) is 2.79. The van der Waals surface area contributed by atoms with E-state index in [-0.39, 0.29) is 6.61 Å². The van der Waals surface area contributed by atoms with Crippen LogP contribution >= 0.6 is 0 Å². The number of carboxylic acids is 1. The standard InChI is InChI=1S/C16H23NO4/c18-9-11-21-10-8-17-7-1-2-15(12-17)13-3-5-14(6-4-13)16(19)20/h3-6,15,18H,1-2,7-12H2,(H,19,20). The summed E-state index contributed by atoms with van der Waals surface area (Å²) in [5.74, 6) is -0.424. The van der Waals surface area contributed by atoms with Crippen LogP contribution in [0.4, 0.5) is 0 Å². The lowest BCUT2D eigenvalue weighted by Gasteiger charge is -2.32. The van der Waals surface area contributed by atoms with Gasteiger partial charge in [-0.2, -0.15) is 0 Å². The Hall–Kier alpha value is -1.43. The molecule has 1 heterocycles. The van der Waals surface area contributed by atoms with Crippen molar-refractivity contribution in [2.45, 2.75) is 18.8 Å². The summed E-state index contributed by atoms with van der Waals surface area (Å²) in [5, 5.41) is 17.6. The van der Waals surface area contributed by atoms with E-state index in [0.29, 0.717) is 24.7 Å². The van der Waals surface area contributed by atoms with E-state index in [2.05, 4.69) is 4.90 Å². The van der Waals surface area contributed by atoms with E-state index in [4.69, 9.17) is 14.9 Å². The van der Waals surface area contributed by atoms with Gasteiger partial charge in [0.2, 0.25) is 0 Å². The number of carbonyl (C=O) groups is 1. The van der Waals surface area contributed by atoms with Gasteiger partial charge < -0.3 is 19.8 Å². The van der Waals surface area contributed by atoms with Gasteiger partial charge in [-0.3, -0.25) is 0 Å². The van der Waals surface area contributed by atoms with Gasteiger partial charge in [0, 0.05) is 13.1 Å². The number of rotatable bonds is 7. The molecule has 0 amide bonds. The quantitative estimate of drug-likeness (QED) is 0.747. The Kier molecular flexibility index (Phi) is 6.17. The van der Waals surface area contributed by atoms with Gasteiger partial charge in [0.05, 0.1) is 25.4 Å². The second-order valence-corrected chi connectivity index (χ2v) is 5.40. The van der Waals surface area contributed by atoms with Gasteiger partial charge in [0.15, 0.2) is 0 Å². The van der Waals surface area contributed by atoms with Gasteiger partial charge in [0.25, 0.3) is 0 Å². The normalized spacial score (nSPS) is 19.6. The highest BCUT2D eigenvalue weighted by atomic mass is 16.5. The monoisotopic (exact) mass is 293 g/mol. The molecule has 2 N–H and O–H groups in total. The minimum absolute atomic E-state index is 0.0680. The largest absolute Gasteiger partial charge is 0.478 e. The second-order valence-electron chi connectivity index (χ2n) is 5.40. The molecule has 1 fully saturated rings. The average Bonchev–Trinajstić information content (AvgIpc) is 2.52. The second kappa shape index (κ2) is 8.12. The molecule has 1 atom stereocenters. The number of hydrogen-bond acceptors (Lipinski definition) is 4. The number of benzene rings is 1. The Bertz CT molecular complexity index is 446. The van der Waals surface area contributed by atoms with Crippen molar-refractivity contribution in [2.24, 2.45) is 0 Å². The zero-order valence-electron chi connectivity index (χ0n) is 12.2. The number of aliphatic hydroxyl groups excluding tert-OH is 1. The fourth-order valence-corrected chi connectivity index (χ4v) is 2.79. The Morgan fingerprint density at radius 1 is 1.29 bits per heavy atom. The van der Waals surface area contributed by atoms with E-state index in [1.165, 1.54) is 5.56 Å². The third kappa shape index (κ3) is 4.81. The SMILES string of the molecule is O=C(O)c1ccc(C2CCCN(CCOCCO)C2)cc1. The number of ether oxygens (including phenoxy) is 1. The molecule has 0 spiro atoms. The van der Waals surface area contributed by atoms with Crippen LogP contribution < -0.4 is 0 Å². The van der Waals surface area contributed by atoms with Crippen molar-refractivity contribution >= 4 is 5.97 Å². The van der Waals surface area contributed by atoms with Gasteiger partial charge in [-0.05, 0) is 43.0 Å². The highest BCUT2D eigenvalue weighted by Crippen LogP contribution is 2.26. The van der Waals surface area contributed by atoms with Crippen molar-refractivity contribution < 1.29 is 19.7 Å². The molecule has 2 rings (SSSR count). The summed E-state index contributed by atoms with van der Waals surface area (Å²) in [6.07, 6.45) is 2.28. The zero-order chi connectivity index (χ0) is 15.1. The molecule has 0 radical (unpaired) electrons. The first-order valence-corrected chi connectivity index (χ1v) is 7.45. The summed E-state index contributed by atoms with van der Waals surface area (Å²) in [7, 11) is 0. The van der Waals surface area contributed by atoms with Crippen LogP contribution in [0.3, 0.4) is 0 Å². The average molecular weight is 293 g/mol. The first-order valence-electron chi connectivity index (χ1n) is 7.45. The molecule has 1 saturated heterocycles. The maximum atomic E-state index is 10.9. The van der Waals surface area contributed by atoms with Gasteiger partial charge in [-0.1, -0.05) is 12.1 Å². The minimum atomic E-state index is -0.882. The van der Waals surface area contributed by atoms with E-state index >= 15 is 0 Å². The van der Waals surface area contributed by atoms with Crippen molar-refractivity contribution in [1.29, 1.82) is 0 Å². The van der Waals surface area contributed by atoms with Gasteiger partial charge in [-0.25, -0.2) is 4.79 Å². The minimum Gasteiger partial charge on any atom is -0.478 e. The molecule has 1 aliphatic rings. The van der Waals surface area contributed by atoms with Crippen molar-refractivity contribution in [1.82, 2.24) is 4.90 Å². The van der Waals surface area contributed by atoms with E-state index < -0.39 is 5.97 Å². The molecule has 5 heteroatoms. The Labute approximate surface area is 125 Å².